The Labute approximate surface area is 150 Å². The quantitative estimate of drug-likeness (QED) is 0.572. The second-order valence-corrected chi connectivity index (χ2v) is 7.59. The zero-order chi connectivity index (χ0) is 17.7. The SMILES string of the molecule is CC1(C)NC(=O)N(CCSCCC(=O)Nc2cccc(Cl)c2)C1=O. The molecule has 1 fully saturated rings. The van der Waals surface area contributed by atoms with Crippen LogP contribution >= 0.6 is 23.4 Å². The Hall–Kier alpha value is -1.73. The smallest absolute Gasteiger partial charge is 0.325 e. The number of amides is 4. The molecule has 1 aliphatic heterocycles. The van der Waals surface area contributed by atoms with Crippen LogP contribution in [0.5, 0.6) is 0 Å². The molecule has 1 saturated heterocycles. The molecule has 0 saturated carbocycles. The summed E-state index contributed by atoms with van der Waals surface area (Å²) in [7, 11) is 0. The van der Waals surface area contributed by atoms with Crippen LogP contribution in [0.15, 0.2) is 24.3 Å². The average Bonchev–Trinajstić information content (AvgIpc) is 2.68. The van der Waals surface area contributed by atoms with E-state index in [9.17, 15) is 14.4 Å². The van der Waals surface area contributed by atoms with Crippen molar-refractivity contribution in [1.82, 2.24) is 10.2 Å². The van der Waals surface area contributed by atoms with Gasteiger partial charge in [0.15, 0.2) is 0 Å². The molecule has 0 aromatic heterocycles. The minimum absolute atomic E-state index is 0.0964. The van der Waals surface area contributed by atoms with Crippen molar-refractivity contribution in [3.63, 3.8) is 0 Å². The predicted octanol–water partition coefficient (Wildman–Crippen LogP) is 2.73. The number of hydrogen-bond acceptors (Lipinski definition) is 4. The van der Waals surface area contributed by atoms with Crippen LogP contribution in [-0.4, -0.2) is 46.3 Å². The van der Waals surface area contributed by atoms with Gasteiger partial charge in [0.25, 0.3) is 5.91 Å². The number of nitrogens with zero attached hydrogens (tertiary/aromatic N) is 1. The highest BCUT2D eigenvalue weighted by Gasteiger charge is 2.43. The molecule has 4 amide bonds. The third-order valence-corrected chi connectivity index (χ3v) is 4.68. The van der Waals surface area contributed by atoms with Crippen molar-refractivity contribution in [2.45, 2.75) is 25.8 Å². The highest BCUT2D eigenvalue weighted by Crippen LogP contribution is 2.18. The molecule has 130 valence electrons. The molecule has 0 radical (unpaired) electrons. The van der Waals surface area contributed by atoms with Crippen LogP contribution in [0.1, 0.15) is 20.3 Å². The van der Waals surface area contributed by atoms with Crippen LogP contribution in [0, 0.1) is 0 Å². The Morgan fingerprint density at radius 3 is 2.71 bits per heavy atom. The summed E-state index contributed by atoms with van der Waals surface area (Å²) in [5.74, 6) is 0.895. The van der Waals surface area contributed by atoms with Gasteiger partial charge < -0.3 is 10.6 Å². The summed E-state index contributed by atoms with van der Waals surface area (Å²) in [5, 5.41) is 5.98. The minimum Gasteiger partial charge on any atom is -0.326 e. The van der Waals surface area contributed by atoms with Gasteiger partial charge in [0.1, 0.15) is 5.54 Å². The predicted molar refractivity (Wildman–Crippen MR) is 96.3 cm³/mol. The molecular weight excluding hydrogens is 350 g/mol. The normalized spacial score (nSPS) is 16.2. The third kappa shape index (κ3) is 4.88. The first-order valence-electron chi connectivity index (χ1n) is 7.57. The molecule has 24 heavy (non-hydrogen) atoms. The number of halogens is 1. The first-order chi connectivity index (χ1) is 11.3. The third-order valence-electron chi connectivity index (χ3n) is 3.49. The fourth-order valence-corrected chi connectivity index (χ4v) is 3.27. The second-order valence-electron chi connectivity index (χ2n) is 5.93. The van der Waals surface area contributed by atoms with Gasteiger partial charge in [0.2, 0.25) is 5.91 Å². The molecular formula is C16H20ClN3O3S. The van der Waals surface area contributed by atoms with Crippen molar-refractivity contribution < 1.29 is 14.4 Å². The molecule has 0 atom stereocenters. The molecule has 1 heterocycles. The first-order valence-corrected chi connectivity index (χ1v) is 9.10. The van der Waals surface area contributed by atoms with Crippen LogP contribution in [0.4, 0.5) is 10.5 Å². The lowest BCUT2D eigenvalue weighted by molar-refractivity contribution is -0.130. The summed E-state index contributed by atoms with van der Waals surface area (Å²) in [4.78, 5) is 36.8. The number of anilines is 1. The number of benzene rings is 1. The summed E-state index contributed by atoms with van der Waals surface area (Å²) < 4.78 is 0. The highest BCUT2D eigenvalue weighted by molar-refractivity contribution is 7.99. The lowest BCUT2D eigenvalue weighted by atomic mass is 10.1. The number of imide groups is 1. The van der Waals surface area contributed by atoms with Gasteiger partial charge in [-0.05, 0) is 32.0 Å². The van der Waals surface area contributed by atoms with Crippen LogP contribution in [0.3, 0.4) is 0 Å². The first kappa shape index (κ1) is 18.6. The number of hydrogen-bond donors (Lipinski definition) is 2. The Morgan fingerprint density at radius 1 is 1.33 bits per heavy atom. The van der Waals surface area contributed by atoms with Crippen LogP contribution < -0.4 is 10.6 Å². The number of thioether (sulfide) groups is 1. The zero-order valence-electron chi connectivity index (χ0n) is 13.6. The number of rotatable bonds is 7. The van der Waals surface area contributed by atoms with Gasteiger partial charge in [-0.1, -0.05) is 17.7 Å². The molecule has 2 rings (SSSR count). The summed E-state index contributed by atoms with van der Waals surface area (Å²) in [6.07, 6.45) is 0.350. The van der Waals surface area contributed by atoms with Gasteiger partial charge in [-0.15, -0.1) is 0 Å². The Bertz CT molecular complexity index is 651. The van der Waals surface area contributed by atoms with E-state index in [2.05, 4.69) is 10.6 Å². The van der Waals surface area contributed by atoms with Crippen LogP contribution in [0.2, 0.25) is 5.02 Å². The Morgan fingerprint density at radius 2 is 2.08 bits per heavy atom. The number of nitrogens with one attached hydrogen (secondary N) is 2. The molecule has 8 heteroatoms. The van der Waals surface area contributed by atoms with Crippen molar-refractivity contribution in [1.29, 1.82) is 0 Å². The second kappa shape index (κ2) is 7.90. The van der Waals surface area contributed by atoms with Crippen LogP contribution in [0.25, 0.3) is 0 Å². The van der Waals surface area contributed by atoms with Crippen LogP contribution in [-0.2, 0) is 9.59 Å². The van der Waals surface area contributed by atoms with E-state index in [0.29, 0.717) is 35.2 Å². The molecule has 0 bridgehead atoms. The standard InChI is InChI=1S/C16H20ClN3O3S/c1-16(2)14(22)20(15(23)19-16)7-9-24-8-6-13(21)18-12-5-3-4-11(17)10-12/h3-5,10H,6-9H2,1-2H3,(H,18,21)(H,19,23). The molecule has 0 aliphatic carbocycles. The Balaban J connectivity index is 1.66. The van der Waals surface area contributed by atoms with E-state index in [1.807, 2.05) is 0 Å². The summed E-state index contributed by atoms with van der Waals surface area (Å²) in [5.41, 5.74) is -0.169. The maximum absolute atomic E-state index is 12.0. The fraction of sp³-hybridized carbons (Fsp3) is 0.438. The summed E-state index contributed by atoms with van der Waals surface area (Å²) in [6.45, 7) is 3.70. The largest absolute Gasteiger partial charge is 0.326 e. The molecule has 2 N–H and O–H groups in total. The number of carbonyl (C=O) groups is 3. The average molecular weight is 370 g/mol. The highest BCUT2D eigenvalue weighted by atomic mass is 35.5. The van der Waals surface area contributed by atoms with E-state index in [0.717, 1.165) is 0 Å². The fourth-order valence-electron chi connectivity index (χ4n) is 2.23. The number of urea groups is 1. The van der Waals surface area contributed by atoms with E-state index in [1.165, 1.54) is 16.7 Å². The van der Waals surface area contributed by atoms with Gasteiger partial charge >= 0.3 is 6.03 Å². The monoisotopic (exact) mass is 369 g/mol. The molecule has 0 spiro atoms. The lowest BCUT2D eigenvalue weighted by Gasteiger charge is -2.15. The van der Waals surface area contributed by atoms with Gasteiger partial charge in [-0.25, -0.2) is 4.79 Å². The maximum Gasteiger partial charge on any atom is 0.325 e. The van der Waals surface area contributed by atoms with E-state index in [1.54, 1.807) is 38.1 Å². The summed E-state index contributed by atoms with van der Waals surface area (Å²) >= 11 is 7.39. The van der Waals surface area contributed by atoms with Crippen molar-refractivity contribution in [3.05, 3.63) is 29.3 Å². The zero-order valence-corrected chi connectivity index (χ0v) is 15.2. The van der Waals surface area contributed by atoms with Gasteiger partial charge in [-0.3, -0.25) is 14.5 Å². The van der Waals surface area contributed by atoms with Gasteiger partial charge in [0, 0.05) is 35.2 Å². The Kier molecular flexibility index (Phi) is 6.12. The van der Waals surface area contributed by atoms with E-state index in [4.69, 9.17) is 11.6 Å². The molecule has 0 unspecified atom stereocenters. The topological polar surface area (TPSA) is 78.5 Å². The van der Waals surface area contributed by atoms with Crippen molar-refractivity contribution >= 4 is 46.9 Å². The van der Waals surface area contributed by atoms with E-state index in [-0.39, 0.29) is 17.8 Å². The molecule has 1 aromatic carbocycles. The minimum atomic E-state index is -0.835. The lowest BCUT2D eigenvalue weighted by Crippen LogP contribution is -2.40. The van der Waals surface area contributed by atoms with E-state index >= 15 is 0 Å². The van der Waals surface area contributed by atoms with Crippen molar-refractivity contribution in [2.75, 3.05) is 23.4 Å². The van der Waals surface area contributed by atoms with E-state index < -0.39 is 5.54 Å². The number of carbonyl (C=O) groups excluding carboxylic acids is 3. The van der Waals surface area contributed by atoms with Gasteiger partial charge in [-0.2, -0.15) is 11.8 Å². The van der Waals surface area contributed by atoms with Crippen molar-refractivity contribution in [2.24, 2.45) is 0 Å². The van der Waals surface area contributed by atoms with Crippen molar-refractivity contribution in [3.8, 4) is 0 Å². The maximum atomic E-state index is 12.0. The van der Waals surface area contributed by atoms with Gasteiger partial charge in [0.05, 0.1) is 0 Å². The molecule has 1 aliphatic rings. The molecule has 1 aromatic rings. The summed E-state index contributed by atoms with van der Waals surface area (Å²) in [6, 6.07) is 6.61. The molecule has 6 nitrogen and oxygen atoms in total.